The first kappa shape index (κ1) is 23.7. The highest BCUT2D eigenvalue weighted by molar-refractivity contribution is 5.95. The molecule has 172 valence electrons. The van der Waals surface area contributed by atoms with E-state index in [1.54, 1.807) is 30.5 Å². The second-order valence-electron chi connectivity index (χ2n) is 7.42. The van der Waals surface area contributed by atoms with Gasteiger partial charge < -0.3 is 10.6 Å². The number of carbonyl (C=O) groups is 1. The van der Waals surface area contributed by atoms with Gasteiger partial charge in [-0.15, -0.1) is 0 Å². The highest BCUT2D eigenvalue weighted by Crippen LogP contribution is 2.30. The zero-order valence-electron chi connectivity index (χ0n) is 18.2. The number of rotatable bonds is 7. The molecule has 2 heterocycles. The molecule has 0 radical (unpaired) electrons. The number of nitrogens with one attached hydrogen (secondary N) is 2. The van der Waals surface area contributed by atoms with Crippen LogP contribution in [0.1, 0.15) is 42.2 Å². The van der Waals surface area contributed by atoms with Crippen LogP contribution in [0.5, 0.6) is 0 Å². The monoisotopic (exact) mass is 457 g/mol. The highest BCUT2D eigenvalue weighted by atomic mass is 19.4. The molecular weight excluding hydrogens is 435 g/mol. The Morgan fingerprint density at radius 3 is 2.55 bits per heavy atom. The van der Waals surface area contributed by atoms with E-state index in [1.165, 1.54) is 12.4 Å². The van der Waals surface area contributed by atoms with Crippen LogP contribution in [0.4, 0.5) is 24.8 Å². The van der Waals surface area contributed by atoms with Gasteiger partial charge in [0.2, 0.25) is 5.95 Å². The zero-order valence-corrected chi connectivity index (χ0v) is 18.2. The first-order valence-corrected chi connectivity index (χ1v) is 10.1. The van der Waals surface area contributed by atoms with Gasteiger partial charge in [-0.05, 0) is 38.0 Å². The predicted molar refractivity (Wildman–Crippen MR) is 116 cm³/mol. The molecule has 33 heavy (non-hydrogen) atoms. The maximum absolute atomic E-state index is 12.9. The standard InChI is InChI=1S/C22H22F3N7O/c1-4-17(9-26)29-20(33)16-7-5-15(6-8-16)19-13(2)10-27-21(31-19)30-18-11-28-32(12-18)14(3)22(23,24)25/h5-8,10-12,14,17H,4H2,1-3H3,(H,29,33)(H,27,30,31)/t14-,17+/m1/s1. The fourth-order valence-corrected chi connectivity index (χ4v) is 2.93. The Morgan fingerprint density at radius 1 is 1.24 bits per heavy atom. The van der Waals surface area contributed by atoms with Crippen molar-refractivity contribution in [1.29, 1.82) is 5.26 Å². The summed E-state index contributed by atoms with van der Waals surface area (Å²) in [6, 6.07) is 6.41. The smallest absolute Gasteiger partial charge is 0.336 e. The fraction of sp³-hybridized carbons (Fsp3) is 0.318. The molecule has 0 aliphatic heterocycles. The Labute approximate surface area is 188 Å². The van der Waals surface area contributed by atoms with Crippen molar-refractivity contribution in [2.45, 2.75) is 45.5 Å². The number of benzene rings is 1. The Balaban J connectivity index is 1.78. The molecule has 2 aromatic heterocycles. The van der Waals surface area contributed by atoms with Crippen LogP contribution in [-0.4, -0.2) is 37.9 Å². The number of hydrogen-bond donors (Lipinski definition) is 2. The van der Waals surface area contributed by atoms with Crippen LogP contribution in [0.25, 0.3) is 11.3 Å². The number of amides is 1. The van der Waals surface area contributed by atoms with Gasteiger partial charge in [-0.3, -0.25) is 9.48 Å². The van der Waals surface area contributed by atoms with Crippen molar-refractivity contribution in [3.63, 3.8) is 0 Å². The summed E-state index contributed by atoms with van der Waals surface area (Å²) in [7, 11) is 0. The van der Waals surface area contributed by atoms with E-state index in [0.29, 0.717) is 23.4 Å². The van der Waals surface area contributed by atoms with Gasteiger partial charge in [-0.1, -0.05) is 19.1 Å². The van der Waals surface area contributed by atoms with E-state index in [4.69, 9.17) is 5.26 Å². The molecule has 0 bridgehead atoms. The quantitative estimate of drug-likeness (QED) is 0.539. The van der Waals surface area contributed by atoms with Crippen LogP contribution in [0.15, 0.2) is 42.9 Å². The third kappa shape index (κ3) is 5.65. The number of nitrogens with zero attached hydrogens (tertiary/aromatic N) is 5. The molecular formula is C22H22F3N7O. The number of anilines is 2. The van der Waals surface area contributed by atoms with Crippen LogP contribution in [0.3, 0.4) is 0 Å². The van der Waals surface area contributed by atoms with E-state index in [-0.39, 0.29) is 11.9 Å². The normalized spacial score (nSPS) is 13.1. The largest absolute Gasteiger partial charge is 0.410 e. The minimum absolute atomic E-state index is 0.191. The van der Waals surface area contributed by atoms with Crippen molar-refractivity contribution in [2.75, 3.05) is 5.32 Å². The van der Waals surface area contributed by atoms with Crippen LogP contribution < -0.4 is 10.6 Å². The zero-order chi connectivity index (χ0) is 24.2. The average Bonchev–Trinajstić information content (AvgIpc) is 3.25. The van der Waals surface area contributed by atoms with Crippen LogP contribution in [0.2, 0.25) is 0 Å². The number of alkyl halides is 3. The molecule has 0 fully saturated rings. The molecule has 8 nitrogen and oxygen atoms in total. The molecule has 0 spiro atoms. The average molecular weight is 457 g/mol. The van der Waals surface area contributed by atoms with Crippen LogP contribution in [-0.2, 0) is 0 Å². The molecule has 0 saturated heterocycles. The maximum Gasteiger partial charge on any atom is 0.410 e. The minimum Gasteiger partial charge on any atom is -0.336 e. The predicted octanol–water partition coefficient (Wildman–Crippen LogP) is 4.55. The lowest BCUT2D eigenvalue weighted by atomic mass is 10.1. The summed E-state index contributed by atoms with van der Waals surface area (Å²) in [6.45, 7) is 4.65. The number of aryl methyl sites for hydroxylation is 1. The molecule has 0 unspecified atom stereocenters. The van der Waals surface area contributed by atoms with Crippen molar-refractivity contribution in [3.05, 3.63) is 54.0 Å². The first-order chi connectivity index (χ1) is 15.6. The molecule has 0 aliphatic rings. The number of aromatic nitrogens is 4. The van der Waals surface area contributed by atoms with Crippen LogP contribution in [0, 0.1) is 18.3 Å². The van der Waals surface area contributed by atoms with Gasteiger partial charge in [-0.25, -0.2) is 9.97 Å². The van der Waals surface area contributed by atoms with Gasteiger partial charge in [-0.2, -0.15) is 23.5 Å². The van der Waals surface area contributed by atoms with Gasteiger partial charge in [0.15, 0.2) is 0 Å². The Hall–Kier alpha value is -3.94. The van der Waals surface area contributed by atoms with E-state index in [1.807, 2.05) is 19.9 Å². The van der Waals surface area contributed by atoms with Crippen molar-refractivity contribution in [1.82, 2.24) is 25.1 Å². The van der Waals surface area contributed by atoms with Gasteiger partial charge in [0.05, 0.1) is 23.6 Å². The van der Waals surface area contributed by atoms with E-state index >= 15 is 0 Å². The molecule has 3 rings (SSSR count). The SMILES string of the molecule is CC[C@@H](C#N)NC(=O)c1ccc(-c2nc(Nc3cnn([C@H](C)C(F)(F)F)c3)ncc2C)cc1. The van der Waals surface area contributed by atoms with Crippen molar-refractivity contribution >= 4 is 17.5 Å². The summed E-state index contributed by atoms with van der Waals surface area (Å²) >= 11 is 0. The molecule has 1 aromatic carbocycles. The molecule has 1 amide bonds. The summed E-state index contributed by atoms with van der Waals surface area (Å²) in [5, 5.41) is 18.3. The molecule has 0 aliphatic carbocycles. The summed E-state index contributed by atoms with van der Waals surface area (Å²) < 4.78 is 39.5. The minimum atomic E-state index is -4.41. The highest BCUT2D eigenvalue weighted by Gasteiger charge is 2.38. The number of halogens is 3. The topological polar surface area (TPSA) is 109 Å². The maximum atomic E-state index is 12.9. The van der Waals surface area contributed by atoms with Crippen LogP contribution >= 0.6 is 0 Å². The van der Waals surface area contributed by atoms with Gasteiger partial charge in [0, 0.05) is 23.5 Å². The molecule has 2 N–H and O–H groups in total. The molecule has 0 saturated carbocycles. The summed E-state index contributed by atoms with van der Waals surface area (Å²) in [5.74, 6) is -0.154. The van der Waals surface area contributed by atoms with Gasteiger partial charge >= 0.3 is 6.18 Å². The third-order valence-electron chi connectivity index (χ3n) is 4.99. The second-order valence-corrected chi connectivity index (χ2v) is 7.42. The third-order valence-corrected chi connectivity index (χ3v) is 4.99. The molecule has 3 aromatic rings. The van der Waals surface area contributed by atoms with Gasteiger partial charge in [0.25, 0.3) is 5.91 Å². The van der Waals surface area contributed by atoms with Crippen molar-refractivity contribution in [3.8, 4) is 17.3 Å². The molecule has 2 atom stereocenters. The number of nitriles is 1. The van der Waals surface area contributed by atoms with E-state index in [2.05, 4.69) is 25.7 Å². The summed E-state index contributed by atoms with van der Waals surface area (Å²) in [5.41, 5.74) is 2.82. The molecule has 11 heteroatoms. The van der Waals surface area contributed by atoms with Crippen molar-refractivity contribution in [2.24, 2.45) is 0 Å². The van der Waals surface area contributed by atoms with E-state index < -0.39 is 18.3 Å². The summed E-state index contributed by atoms with van der Waals surface area (Å²) in [6.07, 6.45) is 0.186. The lowest BCUT2D eigenvalue weighted by Crippen LogP contribution is -2.33. The summed E-state index contributed by atoms with van der Waals surface area (Å²) in [4.78, 5) is 20.9. The second kappa shape index (κ2) is 9.68. The lowest BCUT2D eigenvalue weighted by Gasteiger charge is -2.15. The first-order valence-electron chi connectivity index (χ1n) is 10.1. The Morgan fingerprint density at radius 2 is 1.94 bits per heavy atom. The number of carbonyl (C=O) groups excluding carboxylic acids is 1. The fourth-order valence-electron chi connectivity index (χ4n) is 2.93. The van der Waals surface area contributed by atoms with E-state index in [9.17, 15) is 18.0 Å². The Bertz CT molecular complexity index is 1170. The Kier molecular flexibility index (Phi) is 6.96. The van der Waals surface area contributed by atoms with Gasteiger partial charge in [0.1, 0.15) is 12.1 Å². The van der Waals surface area contributed by atoms with E-state index in [0.717, 1.165) is 22.7 Å². The number of hydrogen-bond acceptors (Lipinski definition) is 6. The van der Waals surface area contributed by atoms with Crippen molar-refractivity contribution < 1.29 is 18.0 Å². The lowest BCUT2D eigenvalue weighted by molar-refractivity contribution is -0.165.